The molecule has 1 rings (SSSR count). The van der Waals surface area contributed by atoms with Gasteiger partial charge < -0.3 is 10.2 Å². The van der Waals surface area contributed by atoms with E-state index in [-0.39, 0.29) is 17.9 Å². The number of hydrogen-bond donors (Lipinski definition) is 3. The van der Waals surface area contributed by atoms with Crippen LogP contribution in [0.5, 0.6) is 5.75 Å². The van der Waals surface area contributed by atoms with Gasteiger partial charge in [-0.1, -0.05) is 0 Å². The minimum absolute atomic E-state index is 0.0577. The number of nitrogens with one attached hydrogen (secondary N) is 1. The van der Waals surface area contributed by atoms with E-state index in [1.54, 1.807) is 0 Å². The first-order valence-corrected chi connectivity index (χ1v) is 6.36. The Bertz CT molecular complexity index is 600. The van der Waals surface area contributed by atoms with Crippen molar-refractivity contribution < 1.29 is 23.4 Å². The highest BCUT2D eigenvalue weighted by Gasteiger charge is 2.18. The lowest BCUT2D eigenvalue weighted by molar-refractivity contribution is 0.0693. The molecule has 0 radical (unpaired) electrons. The van der Waals surface area contributed by atoms with E-state index in [2.05, 4.69) is 10.6 Å². The van der Waals surface area contributed by atoms with Crippen molar-refractivity contribution >= 4 is 16.0 Å². The monoisotopic (exact) mass is 269 g/mol. The van der Waals surface area contributed by atoms with E-state index < -0.39 is 27.3 Å². The van der Waals surface area contributed by atoms with E-state index in [1.807, 2.05) is 0 Å². The molecule has 0 saturated heterocycles. The summed E-state index contributed by atoms with van der Waals surface area (Å²) in [5.74, 6) is 0.365. The van der Waals surface area contributed by atoms with Gasteiger partial charge >= 0.3 is 5.97 Å². The van der Waals surface area contributed by atoms with Crippen LogP contribution >= 0.6 is 0 Å². The van der Waals surface area contributed by atoms with Gasteiger partial charge in [0.2, 0.25) is 10.0 Å². The maximum absolute atomic E-state index is 11.7. The first-order valence-electron chi connectivity index (χ1n) is 4.88. The minimum Gasteiger partial charge on any atom is -0.507 e. The van der Waals surface area contributed by atoms with Crippen LogP contribution in [-0.4, -0.2) is 31.1 Å². The van der Waals surface area contributed by atoms with Crippen molar-refractivity contribution in [1.29, 1.82) is 0 Å². The van der Waals surface area contributed by atoms with Crippen molar-refractivity contribution in [1.82, 2.24) is 4.72 Å². The summed E-state index contributed by atoms with van der Waals surface area (Å²) in [5.41, 5.74) is -0.477. The highest BCUT2D eigenvalue weighted by atomic mass is 32.2. The lowest BCUT2D eigenvalue weighted by Crippen LogP contribution is -2.24. The fourth-order valence-electron chi connectivity index (χ4n) is 1.19. The summed E-state index contributed by atoms with van der Waals surface area (Å²) < 4.78 is 25.7. The number of carbonyl (C=O) groups is 1. The van der Waals surface area contributed by atoms with Crippen molar-refractivity contribution in [3.05, 3.63) is 23.8 Å². The van der Waals surface area contributed by atoms with E-state index in [0.717, 1.165) is 18.2 Å². The molecule has 0 fully saturated rings. The molecule has 96 valence electrons. The Kier molecular flexibility index (Phi) is 4.31. The van der Waals surface area contributed by atoms with E-state index in [0.29, 0.717) is 0 Å². The number of aromatic hydroxyl groups is 1. The lowest BCUT2D eigenvalue weighted by Gasteiger charge is -2.07. The Morgan fingerprint density at radius 2 is 2.11 bits per heavy atom. The maximum Gasteiger partial charge on any atom is 0.339 e. The van der Waals surface area contributed by atoms with E-state index in [4.69, 9.17) is 11.5 Å². The molecule has 3 N–H and O–H groups in total. The molecule has 1 aromatic carbocycles. The number of benzene rings is 1. The lowest BCUT2D eigenvalue weighted by atomic mass is 10.2. The summed E-state index contributed by atoms with van der Waals surface area (Å²) in [6.07, 6.45) is 5.21. The molecule has 0 aliphatic carbocycles. The van der Waals surface area contributed by atoms with Crippen LogP contribution in [0.2, 0.25) is 0 Å². The van der Waals surface area contributed by atoms with Gasteiger partial charge in [0.25, 0.3) is 0 Å². The summed E-state index contributed by atoms with van der Waals surface area (Å²) in [6, 6.07) is 3.01. The summed E-state index contributed by atoms with van der Waals surface area (Å²) in [6.45, 7) is 0.0577. The molecular weight excluding hydrogens is 258 g/mol. The molecule has 0 amide bonds. The van der Waals surface area contributed by atoms with Crippen molar-refractivity contribution in [2.75, 3.05) is 6.54 Å². The van der Waals surface area contributed by atoms with Crippen molar-refractivity contribution in [2.45, 2.75) is 11.3 Å². The highest BCUT2D eigenvalue weighted by molar-refractivity contribution is 7.89. The standard InChI is InChI=1S/C11H11NO5S/c1-2-3-6-12-18(16,17)8-4-5-10(13)9(7-8)11(14)15/h1,4-5,7,12-13H,3,6H2,(H,14,15). The molecular formula is C11H11NO5S. The van der Waals surface area contributed by atoms with Crippen LogP contribution in [0.1, 0.15) is 16.8 Å². The number of aromatic carboxylic acids is 1. The van der Waals surface area contributed by atoms with Gasteiger partial charge in [0, 0.05) is 13.0 Å². The smallest absolute Gasteiger partial charge is 0.339 e. The topological polar surface area (TPSA) is 104 Å². The minimum atomic E-state index is -3.83. The number of carboxylic acids is 1. The SMILES string of the molecule is C#CCCNS(=O)(=O)c1ccc(O)c(C(=O)O)c1. The van der Waals surface area contributed by atoms with Gasteiger partial charge in [-0.15, -0.1) is 12.3 Å². The first kappa shape index (κ1) is 14.0. The molecule has 1 aromatic rings. The molecule has 0 aliphatic rings. The molecule has 0 aliphatic heterocycles. The number of terminal acetylenes is 1. The second-order valence-corrected chi connectivity index (χ2v) is 5.10. The van der Waals surface area contributed by atoms with Gasteiger partial charge in [-0.25, -0.2) is 17.9 Å². The van der Waals surface area contributed by atoms with Gasteiger partial charge in [-0.2, -0.15) is 0 Å². The summed E-state index contributed by atoms with van der Waals surface area (Å²) in [4.78, 5) is 10.5. The molecule has 7 heteroatoms. The normalized spacial score (nSPS) is 10.8. The maximum atomic E-state index is 11.7. The van der Waals surface area contributed by atoms with Gasteiger partial charge in [-0.05, 0) is 18.2 Å². The largest absolute Gasteiger partial charge is 0.507 e. The quantitative estimate of drug-likeness (QED) is 0.530. The highest BCUT2D eigenvalue weighted by Crippen LogP contribution is 2.21. The van der Waals surface area contributed by atoms with Crippen molar-refractivity contribution in [3.8, 4) is 18.1 Å². The van der Waals surface area contributed by atoms with Crippen LogP contribution in [0, 0.1) is 12.3 Å². The molecule has 18 heavy (non-hydrogen) atoms. The summed E-state index contributed by atoms with van der Waals surface area (Å²) in [7, 11) is -3.83. The third-order valence-corrected chi connectivity index (χ3v) is 3.53. The van der Waals surface area contributed by atoms with Crippen molar-refractivity contribution in [3.63, 3.8) is 0 Å². The number of carboxylic acid groups (broad SMARTS) is 1. The van der Waals surface area contributed by atoms with Crippen molar-refractivity contribution in [2.24, 2.45) is 0 Å². The van der Waals surface area contributed by atoms with Crippen LogP contribution in [0.3, 0.4) is 0 Å². The molecule has 0 bridgehead atoms. The molecule has 0 heterocycles. The van der Waals surface area contributed by atoms with Gasteiger partial charge in [0.15, 0.2) is 0 Å². The molecule has 0 aromatic heterocycles. The van der Waals surface area contributed by atoms with Gasteiger partial charge in [0.05, 0.1) is 4.90 Å². The fourth-order valence-corrected chi connectivity index (χ4v) is 2.25. The molecule has 0 unspecified atom stereocenters. The summed E-state index contributed by atoms with van der Waals surface area (Å²) >= 11 is 0. The van der Waals surface area contributed by atoms with E-state index in [9.17, 15) is 18.3 Å². The molecule has 6 nitrogen and oxygen atoms in total. The molecule has 0 atom stereocenters. The third kappa shape index (κ3) is 3.23. The zero-order chi connectivity index (χ0) is 13.8. The number of phenols is 1. The number of hydrogen-bond acceptors (Lipinski definition) is 4. The Balaban J connectivity index is 3.07. The second-order valence-electron chi connectivity index (χ2n) is 3.34. The number of sulfonamides is 1. The van der Waals surface area contributed by atoms with Crippen LogP contribution in [-0.2, 0) is 10.0 Å². The van der Waals surface area contributed by atoms with Crippen LogP contribution < -0.4 is 4.72 Å². The van der Waals surface area contributed by atoms with E-state index in [1.165, 1.54) is 0 Å². The molecule has 0 spiro atoms. The molecule has 0 saturated carbocycles. The Labute approximate surface area is 104 Å². The predicted molar refractivity (Wildman–Crippen MR) is 63.7 cm³/mol. The number of rotatable bonds is 5. The Hall–Kier alpha value is -2.04. The first-order chi connectivity index (χ1) is 8.38. The zero-order valence-corrected chi connectivity index (χ0v) is 10.1. The Morgan fingerprint density at radius 1 is 1.44 bits per heavy atom. The van der Waals surface area contributed by atoms with E-state index >= 15 is 0 Å². The summed E-state index contributed by atoms with van der Waals surface area (Å²) in [5, 5.41) is 18.0. The van der Waals surface area contributed by atoms with Crippen LogP contribution in [0.4, 0.5) is 0 Å². The average molecular weight is 269 g/mol. The zero-order valence-electron chi connectivity index (χ0n) is 9.25. The second kappa shape index (κ2) is 5.53. The van der Waals surface area contributed by atoms with Gasteiger partial charge in [0.1, 0.15) is 11.3 Å². The van der Waals surface area contributed by atoms with Gasteiger partial charge in [-0.3, -0.25) is 0 Å². The third-order valence-electron chi connectivity index (χ3n) is 2.07. The van der Waals surface area contributed by atoms with Crippen LogP contribution in [0.25, 0.3) is 0 Å². The average Bonchev–Trinajstić information content (AvgIpc) is 2.29. The fraction of sp³-hybridized carbons (Fsp3) is 0.182. The predicted octanol–water partition coefficient (Wildman–Crippen LogP) is 0.392. The van der Waals surface area contributed by atoms with Crippen LogP contribution in [0.15, 0.2) is 23.1 Å². The Morgan fingerprint density at radius 3 is 2.67 bits per heavy atom.